The van der Waals surface area contributed by atoms with Crippen molar-refractivity contribution in [3.63, 3.8) is 0 Å². The van der Waals surface area contributed by atoms with Gasteiger partial charge in [-0.05, 0) is 37.8 Å². The van der Waals surface area contributed by atoms with Gasteiger partial charge in [0.1, 0.15) is 5.75 Å². The highest BCUT2D eigenvalue weighted by Crippen LogP contribution is 2.29. The molecule has 0 unspecified atom stereocenters. The third-order valence-corrected chi connectivity index (χ3v) is 6.32. The fourth-order valence-corrected chi connectivity index (χ4v) is 4.71. The first kappa shape index (κ1) is 19.0. The van der Waals surface area contributed by atoms with Gasteiger partial charge in [0.25, 0.3) is 5.56 Å². The molecule has 0 saturated heterocycles. The number of para-hydroxylation sites is 2. The van der Waals surface area contributed by atoms with Crippen LogP contribution in [-0.4, -0.2) is 27.1 Å². The SMILES string of the molecule is O=C(CSCc1cc(=O)n2ccsc2n1)Nc1ccccc1OC1CCCC1. The van der Waals surface area contributed by atoms with E-state index in [0.717, 1.165) is 18.6 Å². The molecule has 0 atom stereocenters. The number of nitrogens with one attached hydrogen (secondary N) is 1. The van der Waals surface area contributed by atoms with E-state index in [1.54, 1.807) is 6.20 Å². The molecular weight excluding hydrogens is 394 g/mol. The standard InChI is InChI=1S/C20H21N3O3S2/c24-18(13-27-12-14-11-19(25)23-9-10-28-20(23)21-14)22-16-7-3-4-8-17(16)26-15-5-1-2-6-15/h3-4,7-11,15H,1-2,5-6,12-13H2,(H,22,24). The van der Waals surface area contributed by atoms with Gasteiger partial charge in [-0.1, -0.05) is 12.1 Å². The molecule has 6 nitrogen and oxygen atoms in total. The van der Waals surface area contributed by atoms with Crippen LogP contribution < -0.4 is 15.6 Å². The summed E-state index contributed by atoms with van der Waals surface area (Å²) in [7, 11) is 0. The summed E-state index contributed by atoms with van der Waals surface area (Å²) in [5.41, 5.74) is 1.30. The summed E-state index contributed by atoms with van der Waals surface area (Å²) in [6.45, 7) is 0. The summed E-state index contributed by atoms with van der Waals surface area (Å²) >= 11 is 2.85. The number of carbonyl (C=O) groups excluding carboxylic acids is 1. The molecule has 146 valence electrons. The van der Waals surface area contributed by atoms with Crippen molar-refractivity contribution in [2.45, 2.75) is 37.5 Å². The molecule has 0 spiro atoms. The second kappa shape index (κ2) is 8.79. The van der Waals surface area contributed by atoms with Gasteiger partial charge < -0.3 is 10.1 Å². The van der Waals surface area contributed by atoms with Gasteiger partial charge in [-0.25, -0.2) is 4.98 Å². The van der Waals surface area contributed by atoms with Gasteiger partial charge in [0.15, 0.2) is 4.96 Å². The third-order valence-electron chi connectivity index (χ3n) is 4.60. The first-order valence-corrected chi connectivity index (χ1v) is 11.3. The second-order valence-electron chi connectivity index (χ2n) is 6.70. The Morgan fingerprint density at radius 1 is 1.32 bits per heavy atom. The van der Waals surface area contributed by atoms with Crippen LogP contribution in [-0.2, 0) is 10.5 Å². The van der Waals surface area contributed by atoms with Gasteiger partial charge in [-0.15, -0.1) is 23.1 Å². The maximum Gasteiger partial charge on any atom is 0.258 e. The van der Waals surface area contributed by atoms with Crippen molar-refractivity contribution in [1.82, 2.24) is 9.38 Å². The molecule has 0 aliphatic heterocycles. The summed E-state index contributed by atoms with van der Waals surface area (Å²) in [5, 5.41) is 4.77. The fourth-order valence-electron chi connectivity index (χ4n) is 3.25. The molecule has 0 bridgehead atoms. The molecule has 1 fully saturated rings. The summed E-state index contributed by atoms with van der Waals surface area (Å²) < 4.78 is 7.58. The summed E-state index contributed by atoms with van der Waals surface area (Å²) in [5.74, 6) is 1.42. The highest BCUT2D eigenvalue weighted by molar-refractivity contribution is 7.99. The minimum Gasteiger partial charge on any atom is -0.488 e. The molecule has 2 aromatic heterocycles. The zero-order chi connectivity index (χ0) is 19.3. The van der Waals surface area contributed by atoms with Gasteiger partial charge in [0, 0.05) is 23.4 Å². The maximum absolute atomic E-state index is 12.4. The summed E-state index contributed by atoms with van der Waals surface area (Å²) in [6, 6.07) is 9.08. The van der Waals surface area contributed by atoms with E-state index in [1.807, 2.05) is 29.6 Å². The highest BCUT2D eigenvalue weighted by Gasteiger charge is 2.18. The minimum absolute atomic E-state index is 0.0932. The smallest absolute Gasteiger partial charge is 0.258 e. The van der Waals surface area contributed by atoms with E-state index in [0.29, 0.717) is 22.1 Å². The van der Waals surface area contributed by atoms with Crippen LogP contribution in [0.15, 0.2) is 46.7 Å². The predicted octanol–water partition coefficient (Wildman–Crippen LogP) is 3.95. The van der Waals surface area contributed by atoms with Gasteiger partial charge in [0.2, 0.25) is 5.91 Å². The summed E-state index contributed by atoms with van der Waals surface area (Å²) in [4.78, 5) is 29.5. The molecule has 8 heteroatoms. The molecule has 0 radical (unpaired) electrons. The number of amides is 1. The fraction of sp³-hybridized carbons (Fsp3) is 0.350. The number of rotatable bonds is 7. The zero-order valence-corrected chi connectivity index (χ0v) is 16.9. The average Bonchev–Trinajstić information content (AvgIpc) is 3.35. The number of hydrogen-bond acceptors (Lipinski definition) is 6. The lowest BCUT2D eigenvalue weighted by molar-refractivity contribution is -0.113. The molecule has 1 saturated carbocycles. The Bertz CT molecular complexity index is 1020. The first-order valence-electron chi connectivity index (χ1n) is 9.28. The minimum atomic E-state index is -0.0959. The van der Waals surface area contributed by atoms with Crippen molar-refractivity contribution in [3.05, 3.63) is 58.0 Å². The van der Waals surface area contributed by atoms with Crippen LogP contribution in [0.5, 0.6) is 5.75 Å². The maximum atomic E-state index is 12.4. The van der Waals surface area contributed by atoms with Crippen LogP contribution in [0.25, 0.3) is 4.96 Å². The number of benzene rings is 1. The van der Waals surface area contributed by atoms with Crippen molar-refractivity contribution < 1.29 is 9.53 Å². The number of ether oxygens (including phenoxy) is 1. The Morgan fingerprint density at radius 3 is 3.00 bits per heavy atom. The number of fused-ring (bicyclic) bond motifs is 1. The number of thioether (sulfide) groups is 1. The van der Waals surface area contributed by atoms with E-state index in [-0.39, 0.29) is 23.3 Å². The highest BCUT2D eigenvalue weighted by atomic mass is 32.2. The number of nitrogens with zero attached hydrogens (tertiary/aromatic N) is 2. The van der Waals surface area contributed by atoms with E-state index in [9.17, 15) is 9.59 Å². The molecule has 1 N–H and O–H groups in total. The van der Waals surface area contributed by atoms with Crippen LogP contribution >= 0.6 is 23.1 Å². The van der Waals surface area contributed by atoms with Crippen molar-refractivity contribution >= 4 is 39.7 Å². The van der Waals surface area contributed by atoms with Gasteiger partial charge in [-0.3, -0.25) is 14.0 Å². The second-order valence-corrected chi connectivity index (χ2v) is 8.56. The first-order chi connectivity index (χ1) is 13.7. The van der Waals surface area contributed by atoms with E-state index in [1.165, 1.54) is 46.4 Å². The average molecular weight is 416 g/mol. The zero-order valence-electron chi connectivity index (χ0n) is 15.3. The van der Waals surface area contributed by atoms with Crippen LogP contribution in [0.1, 0.15) is 31.4 Å². The number of anilines is 1. The van der Waals surface area contributed by atoms with Crippen molar-refractivity contribution in [2.75, 3.05) is 11.1 Å². The van der Waals surface area contributed by atoms with Crippen molar-refractivity contribution in [2.24, 2.45) is 0 Å². The topological polar surface area (TPSA) is 72.7 Å². The quantitative estimate of drug-likeness (QED) is 0.633. The number of hydrogen-bond donors (Lipinski definition) is 1. The normalized spacial score (nSPS) is 14.4. The van der Waals surface area contributed by atoms with Gasteiger partial charge in [0.05, 0.1) is 23.2 Å². The third kappa shape index (κ3) is 4.56. The van der Waals surface area contributed by atoms with Crippen LogP contribution in [0, 0.1) is 0 Å². The lowest BCUT2D eigenvalue weighted by Crippen LogP contribution is -2.17. The van der Waals surface area contributed by atoms with E-state index in [4.69, 9.17) is 4.74 Å². The van der Waals surface area contributed by atoms with Crippen LogP contribution in [0.2, 0.25) is 0 Å². The molecular formula is C20H21N3O3S2. The van der Waals surface area contributed by atoms with Crippen LogP contribution in [0.4, 0.5) is 5.69 Å². The Labute approximate surface area is 171 Å². The Morgan fingerprint density at radius 2 is 2.14 bits per heavy atom. The molecule has 1 aliphatic carbocycles. The van der Waals surface area contributed by atoms with Crippen LogP contribution in [0.3, 0.4) is 0 Å². The largest absolute Gasteiger partial charge is 0.488 e. The van der Waals surface area contributed by atoms with E-state index in [2.05, 4.69) is 10.3 Å². The number of carbonyl (C=O) groups is 1. The Balaban J connectivity index is 1.32. The predicted molar refractivity (Wildman–Crippen MR) is 113 cm³/mol. The Kier molecular flexibility index (Phi) is 5.97. The molecule has 1 aliphatic rings. The van der Waals surface area contributed by atoms with Crippen molar-refractivity contribution in [3.8, 4) is 5.75 Å². The molecule has 2 heterocycles. The summed E-state index contributed by atoms with van der Waals surface area (Å²) in [6.07, 6.45) is 6.49. The monoisotopic (exact) mass is 415 g/mol. The Hall–Kier alpha value is -2.32. The van der Waals surface area contributed by atoms with E-state index >= 15 is 0 Å². The number of aromatic nitrogens is 2. The molecule has 28 heavy (non-hydrogen) atoms. The molecule has 3 aromatic rings. The molecule has 4 rings (SSSR count). The van der Waals surface area contributed by atoms with E-state index < -0.39 is 0 Å². The number of thiazole rings is 1. The molecule has 1 aromatic carbocycles. The van der Waals surface area contributed by atoms with Crippen molar-refractivity contribution in [1.29, 1.82) is 0 Å². The lowest BCUT2D eigenvalue weighted by Gasteiger charge is -2.16. The lowest BCUT2D eigenvalue weighted by atomic mass is 10.2. The van der Waals surface area contributed by atoms with Gasteiger partial charge >= 0.3 is 0 Å². The van der Waals surface area contributed by atoms with Gasteiger partial charge in [-0.2, -0.15) is 0 Å². The molecule has 1 amide bonds.